The van der Waals surface area contributed by atoms with Crippen LogP contribution < -0.4 is 0 Å². The molecule has 0 aromatic carbocycles. The zero-order valence-electron chi connectivity index (χ0n) is 9.47. The molecule has 0 spiro atoms. The van der Waals surface area contributed by atoms with Crippen molar-refractivity contribution in [2.45, 2.75) is 38.7 Å². The maximum Gasteiger partial charge on any atom is 0.0602 e. The molecule has 2 aliphatic rings. The van der Waals surface area contributed by atoms with Gasteiger partial charge in [-0.05, 0) is 49.4 Å². The van der Waals surface area contributed by atoms with E-state index in [1.165, 1.54) is 6.42 Å². The molecule has 1 saturated carbocycles. The molecule has 2 heteroatoms. The topological polar surface area (TPSA) is 40.5 Å². The molecule has 0 bridgehead atoms. The predicted octanol–water partition coefficient (Wildman–Crippen LogP) is 1.97. The van der Waals surface area contributed by atoms with Gasteiger partial charge >= 0.3 is 0 Å². The third-order valence-electron chi connectivity index (χ3n) is 4.29. The summed E-state index contributed by atoms with van der Waals surface area (Å²) in [4.78, 5) is 0. The van der Waals surface area contributed by atoms with Gasteiger partial charge in [0, 0.05) is 6.61 Å². The van der Waals surface area contributed by atoms with Crippen LogP contribution in [0.15, 0.2) is 12.2 Å². The summed E-state index contributed by atoms with van der Waals surface area (Å²) in [5.74, 6) is 1.87. The number of allylic oxidation sites excluding steroid dienone is 2. The van der Waals surface area contributed by atoms with E-state index >= 15 is 0 Å². The number of rotatable bonds is 2. The molecule has 0 aromatic heterocycles. The largest absolute Gasteiger partial charge is 0.396 e. The van der Waals surface area contributed by atoms with Crippen molar-refractivity contribution >= 4 is 0 Å². The van der Waals surface area contributed by atoms with Crippen molar-refractivity contribution in [1.82, 2.24) is 0 Å². The summed E-state index contributed by atoms with van der Waals surface area (Å²) in [5.41, 5.74) is 0. The van der Waals surface area contributed by atoms with Crippen molar-refractivity contribution in [3.63, 3.8) is 0 Å². The van der Waals surface area contributed by atoms with Gasteiger partial charge in [-0.1, -0.05) is 19.1 Å². The van der Waals surface area contributed by atoms with Crippen LogP contribution in [0.2, 0.25) is 0 Å². The zero-order valence-corrected chi connectivity index (χ0v) is 9.47. The molecule has 0 amide bonds. The maximum atomic E-state index is 10.3. The fourth-order valence-electron chi connectivity index (χ4n) is 3.37. The molecule has 86 valence electrons. The normalized spacial score (nSPS) is 45.1. The fourth-order valence-corrected chi connectivity index (χ4v) is 3.37. The molecule has 0 saturated heterocycles. The zero-order chi connectivity index (χ0) is 10.8. The lowest BCUT2D eigenvalue weighted by atomic mass is 9.63. The molecular weight excluding hydrogens is 188 g/mol. The highest BCUT2D eigenvalue weighted by molar-refractivity contribution is 5.04. The SMILES string of the molecule is C[C@H]1CC[C@@H]2CC=C[C@@H](CCO)[C@H]2[C@H]1O. The molecule has 2 aliphatic carbocycles. The van der Waals surface area contributed by atoms with Crippen molar-refractivity contribution in [3.8, 4) is 0 Å². The van der Waals surface area contributed by atoms with Gasteiger partial charge in [-0.15, -0.1) is 0 Å². The van der Waals surface area contributed by atoms with E-state index < -0.39 is 0 Å². The minimum atomic E-state index is -0.162. The third kappa shape index (κ3) is 2.11. The number of hydrogen-bond donors (Lipinski definition) is 2. The summed E-state index contributed by atoms with van der Waals surface area (Å²) < 4.78 is 0. The Bertz CT molecular complexity index is 237. The van der Waals surface area contributed by atoms with Gasteiger partial charge < -0.3 is 10.2 Å². The fraction of sp³-hybridized carbons (Fsp3) is 0.846. The van der Waals surface area contributed by atoms with Crippen molar-refractivity contribution in [2.75, 3.05) is 6.61 Å². The van der Waals surface area contributed by atoms with Crippen LogP contribution in [0, 0.1) is 23.7 Å². The van der Waals surface area contributed by atoms with E-state index in [4.69, 9.17) is 5.11 Å². The van der Waals surface area contributed by atoms with Gasteiger partial charge in [-0.25, -0.2) is 0 Å². The average Bonchev–Trinajstić information content (AvgIpc) is 2.24. The summed E-state index contributed by atoms with van der Waals surface area (Å²) in [6, 6.07) is 0. The first kappa shape index (κ1) is 11.2. The number of aliphatic hydroxyl groups is 2. The Labute approximate surface area is 92.0 Å². The van der Waals surface area contributed by atoms with Gasteiger partial charge in [-0.2, -0.15) is 0 Å². The highest BCUT2D eigenvalue weighted by atomic mass is 16.3. The molecule has 0 unspecified atom stereocenters. The van der Waals surface area contributed by atoms with Crippen molar-refractivity contribution in [3.05, 3.63) is 12.2 Å². The molecule has 0 heterocycles. The highest BCUT2D eigenvalue weighted by Gasteiger charge is 2.40. The van der Waals surface area contributed by atoms with Gasteiger partial charge in [-0.3, -0.25) is 0 Å². The highest BCUT2D eigenvalue weighted by Crippen LogP contribution is 2.44. The second kappa shape index (κ2) is 4.67. The first-order valence-electron chi connectivity index (χ1n) is 6.19. The molecule has 5 atom stereocenters. The van der Waals surface area contributed by atoms with Crippen LogP contribution >= 0.6 is 0 Å². The van der Waals surface area contributed by atoms with E-state index in [9.17, 15) is 5.11 Å². The standard InChI is InChI=1S/C13H22O2/c1-9-5-6-10-3-2-4-11(7-8-14)12(10)13(9)15/h2,4,9-15H,3,5-8H2,1H3/t9-,10-,11-,12-,13-/m0/s1. The maximum absolute atomic E-state index is 10.3. The summed E-state index contributed by atoms with van der Waals surface area (Å²) in [6.45, 7) is 2.38. The lowest BCUT2D eigenvalue weighted by Gasteiger charge is -2.44. The number of aliphatic hydroxyl groups excluding tert-OH is 2. The molecular formula is C13H22O2. The summed E-state index contributed by atoms with van der Waals surface area (Å²) >= 11 is 0. The monoisotopic (exact) mass is 210 g/mol. The van der Waals surface area contributed by atoms with Crippen LogP contribution in [-0.4, -0.2) is 22.9 Å². The van der Waals surface area contributed by atoms with Crippen LogP contribution in [0.3, 0.4) is 0 Å². The molecule has 2 rings (SSSR count). The van der Waals surface area contributed by atoms with Crippen LogP contribution in [0.25, 0.3) is 0 Å². The first-order valence-corrected chi connectivity index (χ1v) is 6.19. The summed E-state index contributed by atoms with van der Waals surface area (Å²) in [6.07, 6.45) is 8.61. The summed E-state index contributed by atoms with van der Waals surface area (Å²) in [7, 11) is 0. The van der Waals surface area contributed by atoms with E-state index in [0.29, 0.717) is 23.7 Å². The second-order valence-electron chi connectivity index (χ2n) is 5.22. The van der Waals surface area contributed by atoms with Gasteiger partial charge in [0.2, 0.25) is 0 Å². The lowest BCUT2D eigenvalue weighted by molar-refractivity contribution is -0.0339. The average molecular weight is 210 g/mol. The minimum absolute atomic E-state index is 0.162. The molecule has 0 aromatic rings. The Kier molecular flexibility index (Phi) is 3.47. The van der Waals surface area contributed by atoms with Gasteiger partial charge in [0.05, 0.1) is 6.10 Å². The van der Waals surface area contributed by atoms with Crippen molar-refractivity contribution in [2.24, 2.45) is 23.7 Å². The van der Waals surface area contributed by atoms with E-state index in [0.717, 1.165) is 19.3 Å². The second-order valence-corrected chi connectivity index (χ2v) is 5.22. The Morgan fingerprint density at radius 2 is 2.13 bits per heavy atom. The van der Waals surface area contributed by atoms with Crippen LogP contribution in [0.5, 0.6) is 0 Å². The van der Waals surface area contributed by atoms with Gasteiger partial charge in [0.15, 0.2) is 0 Å². The molecule has 1 fully saturated rings. The Balaban J connectivity index is 2.12. The quantitative estimate of drug-likeness (QED) is 0.684. The van der Waals surface area contributed by atoms with Crippen LogP contribution in [-0.2, 0) is 0 Å². The minimum Gasteiger partial charge on any atom is -0.396 e. The Morgan fingerprint density at radius 3 is 2.87 bits per heavy atom. The number of fused-ring (bicyclic) bond motifs is 1. The molecule has 2 nitrogen and oxygen atoms in total. The molecule has 0 radical (unpaired) electrons. The molecule has 15 heavy (non-hydrogen) atoms. The van der Waals surface area contributed by atoms with Crippen molar-refractivity contribution in [1.29, 1.82) is 0 Å². The smallest absolute Gasteiger partial charge is 0.0602 e. The van der Waals surface area contributed by atoms with E-state index in [-0.39, 0.29) is 12.7 Å². The van der Waals surface area contributed by atoms with Crippen LogP contribution in [0.1, 0.15) is 32.6 Å². The van der Waals surface area contributed by atoms with E-state index in [2.05, 4.69) is 19.1 Å². The van der Waals surface area contributed by atoms with Gasteiger partial charge in [0.1, 0.15) is 0 Å². The van der Waals surface area contributed by atoms with E-state index in [1.807, 2.05) is 0 Å². The number of hydrogen-bond acceptors (Lipinski definition) is 2. The summed E-state index contributed by atoms with van der Waals surface area (Å²) in [5, 5.41) is 19.3. The molecule has 0 aliphatic heterocycles. The van der Waals surface area contributed by atoms with Gasteiger partial charge in [0.25, 0.3) is 0 Å². The Morgan fingerprint density at radius 1 is 1.33 bits per heavy atom. The Hall–Kier alpha value is -0.340. The predicted molar refractivity (Wildman–Crippen MR) is 60.3 cm³/mol. The van der Waals surface area contributed by atoms with Crippen LogP contribution in [0.4, 0.5) is 0 Å². The lowest BCUT2D eigenvalue weighted by Crippen LogP contribution is -2.43. The molecule has 2 N–H and O–H groups in total. The van der Waals surface area contributed by atoms with Crippen molar-refractivity contribution < 1.29 is 10.2 Å². The van der Waals surface area contributed by atoms with E-state index in [1.54, 1.807) is 0 Å². The first-order chi connectivity index (χ1) is 7.24. The third-order valence-corrected chi connectivity index (χ3v) is 4.29.